The van der Waals surface area contributed by atoms with E-state index in [-0.39, 0.29) is 0 Å². The maximum atomic E-state index is 3.83. The fourth-order valence-corrected chi connectivity index (χ4v) is 2.45. The first kappa shape index (κ1) is 12.6. The molecule has 0 radical (unpaired) electrons. The highest BCUT2D eigenvalue weighted by Gasteiger charge is 2.46. The molecule has 1 heteroatoms. The van der Waals surface area contributed by atoms with Crippen LogP contribution in [-0.4, -0.2) is 6.04 Å². The summed E-state index contributed by atoms with van der Waals surface area (Å²) >= 11 is 0. The summed E-state index contributed by atoms with van der Waals surface area (Å²) in [7, 11) is 0. The first-order chi connectivity index (χ1) is 7.99. The van der Waals surface area contributed by atoms with Gasteiger partial charge in [-0.05, 0) is 29.7 Å². The molecule has 2 atom stereocenters. The lowest BCUT2D eigenvalue weighted by Gasteiger charge is -2.22. The zero-order valence-electron chi connectivity index (χ0n) is 11.5. The second-order valence-corrected chi connectivity index (χ2v) is 6.50. The molecule has 0 saturated heterocycles. The molecule has 17 heavy (non-hydrogen) atoms. The van der Waals surface area contributed by atoms with Crippen molar-refractivity contribution in [1.82, 2.24) is 5.32 Å². The first-order valence-electron chi connectivity index (χ1n) is 6.80. The van der Waals surface area contributed by atoms with E-state index in [4.69, 9.17) is 0 Å². The maximum Gasteiger partial charge on any atom is 0.0325 e. The van der Waals surface area contributed by atoms with Crippen molar-refractivity contribution in [1.29, 1.82) is 0 Å². The Kier molecular flexibility index (Phi) is 3.58. The largest absolute Gasteiger partial charge is 0.307 e. The number of benzene rings is 1. The van der Waals surface area contributed by atoms with Crippen LogP contribution in [0.2, 0.25) is 0 Å². The Morgan fingerprint density at radius 1 is 1.24 bits per heavy atom. The standard InChI is InChI=1S/C16H25N/c1-12(2)10-14(13-8-6-5-7-9-13)17-15-11-16(15,3)4/h5-9,12,14-15,17H,10-11H2,1-4H3. The number of rotatable bonds is 5. The van der Waals surface area contributed by atoms with Gasteiger partial charge < -0.3 is 5.32 Å². The Bertz CT molecular complexity index is 353. The molecule has 1 aromatic rings. The van der Waals surface area contributed by atoms with Gasteiger partial charge in [-0.3, -0.25) is 0 Å². The van der Waals surface area contributed by atoms with Crippen LogP contribution in [0.25, 0.3) is 0 Å². The van der Waals surface area contributed by atoms with Crippen molar-refractivity contribution in [3.05, 3.63) is 35.9 Å². The summed E-state index contributed by atoms with van der Waals surface area (Å²) in [5.74, 6) is 0.731. The summed E-state index contributed by atoms with van der Waals surface area (Å²) in [5.41, 5.74) is 1.94. The monoisotopic (exact) mass is 231 g/mol. The van der Waals surface area contributed by atoms with Crippen molar-refractivity contribution in [2.24, 2.45) is 11.3 Å². The Morgan fingerprint density at radius 2 is 1.82 bits per heavy atom. The molecule has 1 fully saturated rings. The first-order valence-corrected chi connectivity index (χ1v) is 6.80. The Balaban J connectivity index is 2.04. The Morgan fingerprint density at radius 3 is 2.29 bits per heavy atom. The van der Waals surface area contributed by atoms with Gasteiger partial charge in [-0.2, -0.15) is 0 Å². The molecule has 94 valence electrons. The highest BCUT2D eigenvalue weighted by molar-refractivity contribution is 5.20. The molecule has 0 aromatic heterocycles. The van der Waals surface area contributed by atoms with Gasteiger partial charge in [-0.15, -0.1) is 0 Å². The maximum absolute atomic E-state index is 3.83. The molecule has 0 amide bonds. The molecular formula is C16H25N. The molecule has 2 rings (SSSR count). The third-order valence-electron chi connectivity index (χ3n) is 3.82. The van der Waals surface area contributed by atoms with E-state index in [2.05, 4.69) is 63.3 Å². The van der Waals surface area contributed by atoms with Gasteiger partial charge in [0, 0.05) is 12.1 Å². The summed E-state index contributed by atoms with van der Waals surface area (Å²) in [5, 5.41) is 3.83. The second kappa shape index (κ2) is 4.81. The normalized spacial score (nSPS) is 23.7. The fraction of sp³-hybridized carbons (Fsp3) is 0.625. The van der Waals surface area contributed by atoms with Crippen molar-refractivity contribution in [2.45, 2.75) is 52.6 Å². The van der Waals surface area contributed by atoms with Crippen LogP contribution in [0.1, 0.15) is 52.1 Å². The highest BCUT2D eigenvalue weighted by Crippen LogP contribution is 2.46. The molecule has 0 heterocycles. The molecule has 0 aliphatic heterocycles. The van der Waals surface area contributed by atoms with E-state index in [9.17, 15) is 0 Å². The Hall–Kier alpha value is -0.820. The van der Waals surface area contributed by atoms with E-state index in [0.717, 1.165) is 5.92 Å². The SMILES string of the molecule is CC(C)CC(NC1CC1(C)C)c1ccccc1. The minimum atomic E-state index is 0.504. The summed E-state index contributed by atoms with van der Waals surface area (Å²) < 4.78 is 0. The lowest BCUT2D eigenvalue weighted by molar-refractivity contribution is 0.403. The average Bonchev–Trinajstić information content (AvgIpc) is 2.86. The quantitative estimate of drug-likeness (QED) is 0.802. The van der Waals surface area contributed by atoms with Gasteiger partial charge in [0.05, 0.1) is 0 Å². The molecular weight excluding hydrogens is 206 g/mol. The van der Waals surface area contributed by atoms with Crippen LogP contribution >= 0.6 is 0 Å². The summed E-state index contributed by atoms with van der Waals surface area (Å²) in [6.45, 7) is 9.30. The van der Waals surface area contributed by atoms with Crippen molar-refractivity contribution in [2.75, 3.05) is 0 Å². The lowest BCUT2D eigenvalue weighted by atomic mass is 9.96. The van der Waals surface area contributed by atoms with Crippen LogP contribution in [0.3, 0.4) is 0 Å². The summed E-state index contributed by atoms with van der Waals surface area (Å²) in [6.07, 6.45) is 2.53. The van der Waals surface area contributed by atoms with E-state index in [0.29, 0.717) is 17.5 Å². The zero-order chi connectivity index (χ0) is 12.5. The van der Waals surface area contributed by atoms with Crippen LogP contribution in [0.15, 0.2) is 30.3 Å². The van der Waals surface area contributed by atoms with E-state index < -0.39 is 0 Å². The minimum Gasteiger partial charge on any atom is -0.307 e. The van der Waals surface area contributed by atoms with Gasteiger partial charge in [0.2, 0.25) is 0 Å². The van der Waals surface area contributed by atoms with E-state index in [1.807, 2.05) is 0 Å². The fourth-order valence-electron chi connectivity index (χ4n) is 2.45. The summed E-state index contributed by atoms with van der Waals surface area (Å²) in [6, 6.07) is 12.1. The molecule has 1 aromatic carbocycles. The molecule has 1 N–H and O–H groups in total. The molecule has 2 unspecified atom stereocenters. The van der Waals surface area contributed by atoms with E-state index >= 15 is 0 Å². The predicted octanol–water partition coefficient (Wildman–Crippen LogP) is 4.16. The van der Waals surface area contributed by atoms with Crippen LogP contribution in [-0.2, 0) is 0 Å². The third kappa shape index (κ3) is 3.32. The second-order valence-electron chi connectivity index (χ2n) is 6.50. The van der Waals surface area contributed by atoms with Crippen LogP contribution in [0, 0.1) is 11.3 Å². The zero-order valence-corrected chi connectivity index (χ0v) is 11.5. The van der Waals surface area contributed by atoms with Crippen LogP contribution in [0.5, 0.6) is 0 Å². The molecule has 1 nitrogen and oxygen atoms in total. The topological polar surface area (TPSA) is 12.0 Å². The van der Waals surface area contributed by atoms with E-state index in [1.54, 1.807) is 0 Å². The predicted molar refractivity (Wildman–Crippen MR) is 74.0 cm³/mol. The van der Waals surface area contributed by atoms with Crippen LogP contribution in [0.4, 0.5) is 0 Å². The average molecular weight is 231 g/mol. The van der Waals surface area contributed by atoms with Crippen LogP contribution < -0.4 is 5.32 Å². The smallest absolute Gasteiger partial charge is 0.0325 e. The van der Waals surface area contributed by atoms with Crippen molar-refractivity contribution < 1.29 is 0 Å². The van der Waals surface area contributed by atoms with Crippen molar-refractivity contribution in [3.8, 4) is 0 Å². The molecule has 1 saturated carbocycles. The molecule has 0 spiro atoms. The summed E-state index contributed by atoms with van der Waals surface area (Å²) in [4.78, 5) is 0. The third-order valence-corrected chi connectivity index (χ3v) is 3.82. The van der Waals surface area contributed by atoms with E-state index in [1.165, 1.54) is 18.4 Å². The van der Waals surface area contributed by atoms with Gasteiger partial charge in [0.15, 0.2) is 0 Å². The molecule has 1 aliphatic rings. The van der Waals surface area contributed by atoms with Gasteiger partial charge in [-0.25, -0.2) is 0 Å². The minimum absolute atomic E-state index is 0.504. The van der Waals surface area contributed by atoms with Gasteiger partial charge in [0.25, 0.3) is 0 Å². The number of nitrogens with one attached hydrogen (secondary N) is 1. The molecule has 1 aliphatic carbocycles. The number of hydrogen-bond donors (Lipinski definition) is 1. The highest BCUT2D eigenvalue weighted by atomic mass is 15.0. The van der Waals surface area contributed by atoms with Gasteiger partial charge >= 0.3 is 0 Å². The number of hydrogen-bond acceptors (Lipinski definition) is 1. The van der Waals surface area contributed by atoms with Gasteiger partial charge in [0.1, 0.15) is 0 Å². The molecule has 0 bridgehead atoms. The van der Waals surface area contributed by atoms with Crippen molar-refractivity contribution in [3.63, 3.8) is 0 Å². The van der Waals surface area contributed by atoms with Crippen molar-refractivity contribution >= 4 is 0 Å². The lowest BCUT2D eigenvalue weighted by Crippen LogP contribution is -2.27. The Labute approximate surface area is 106 Å². The van der Waals surface area contributed by atoms with Gasteiger partial charge in [-0.1, -0.05) is 58.0 Å².